The number of nitrogens with one attached hydrogen (secondary N) is 1. The maximum absolute atomic E-state index is 6.43. The van der Waals surface area contributed by atoms with E-state index in [-0.39, 0.29) is 5.41 Å². The van der Waals surface area contributed by atoms with E-state index in [1.54, 1.807) is 0 Å². The second-order valence-corrected chi connectivity index (χ2v) is 7.36. The van der Waals surface area contributed by atoms with Crippen molar-refractivity contribution in [3.63, 3.8) is 0 Å². The van der Waals surface area contributed by atoms with E-state index < -0.39 is 0 Å². The van der Waals surface area contributed by atoms with Crippen LogP contribution >= 0.6 is 11.6 Å². The number of hydrogen-bond acceptors (Lipinski definition) is 2. The van der Waals surface area contributed by atoms with Gasteiger partial charge in [-0.05, 0) is 55.8 Å². The van der Waals surface area contributed by atoms with Gasteiger partial charge in [0.05, 0.1) is 6.61 Å². The molecule has 2 nitrogen and oxygen atoms in total. The molecule has 118 valence electrons. The Balaban J connectivity index is 2.08. The summed E-state index contributed by atoms with van der Waals surface area (Å²) in [5.41, 5.74) is 2.65. The number of ether oxygens (including phenoxy) is 1. The van der Waals surface area contributed by atoms with E-state index in [4.69, 9.17) is 16.3 Å². The van der Waals surface area contributed by atoms with Gasteiger partial charge in [0.1, 0.15) is 0 Å². The van der Waals surface area contributed by atoms with E-state index >= 15 is 0 Å². The summed E-state index contributed by atoms with van der Waals surface area (Å²) in [5, 5.41) is 4.52. The third kappa shape index (κ3) is 4.98. The fourth-order valence-electron chi connectivity index (χ4n) is 3.08. The van der Waals surface area contributed by atoms with Crippen LogP contribution < -0.4 is 5.32 Å². The minimum Gasteiger partial charge on any atom is -0.381 e. The highest BCUT2D eigenvalue weighted by molar-refractivity contribution is 6.31. The topological polar surface area (TPSA) is 21.3 Å². The molecule has 1 unspecified atom stereocenters. The lowest BCUT2D eigenvalue weighted by atomic mass is 9.77. The highest BCUT2D eigenvalue weighted by Gasteiger charge is 2.33. The van der Waals surface area contributed by atoms with Gasteiger partial charge in [-0.15, -0.1) is 0 Å². The van der Waals surface area contributed by atoms with E-state index in [0.717, 1.165) is 44.2 Å². The van der Waals surface area contributed by atoms with Crippen LogP contribution in [0.1, 0.15) is 37.8 Å². The van der Waals surface area contributed by atoms with Gasteiger partial charge in [0, 0.05) is 23.6 Å². The smallest absolute Gasteiger partial charge is 0.0537 e. The number of rotatable bonds is 6. The molecule has 3 heteroatoms. The summed E-state index contributed by atoms with van der Waals surface area (Å²) < 4.78 is 5.80. The second kappa shape index (κ2) is 7.62. The molecule has 0 bridgehead atoms. The predicted octanol–water partition coefficient (Wildman–Crippen LogP) is 4.23. The molecule has 0 radical (unpaired) electrons. The summed E-state index contributed by atoms with van der Waals surface area (Å²) in [4.78, 5) is 0. The monoisotopic (exact) mass is 309 g/mol. The van der Waals surface area contributed by atoms with E-state index in [1.807, 2.05) is 0 Å². The van der Waals surface area contributed by atoms with Gasteiger partial charge in [-0.2, -0.15) is 0 Å². The Kier molecular flexibility index (Phi) is 6.09. The van der Waals surface area contributed by atoms with Gasteiger partial charge >= 0.3 is 0 Å². The average molecular weight is 310 g/mol. The van der Waals surface area contributed by atoms with Crippen molar-refractivity contribution >= 4 is 11.6 Å². The zero-order valence-electron chi connectivity index (χ0n) is 13.5. The fourth-order valence-corrected chi connectivity index (χ4v) is 3.38. The Morgan fingerprint density at radius 2 is 2.19 bits per heavy atom. The molecule has 0 amide bonds. The summed E-state index contributed by atoms with van der Waals surface area (Å²) in [5.74, 6) is 0.675. The van der Waals surface area contributed by atoms with Gasteiger partial charge in [0.2, 0.25) is 0 Å². The lowest BCUT2D eigenvalue weighted by Crippen LogP contribution is -2.43. The molecule has 1 aromatic rings. The van der Waals surface area contributed by atoms with E-state index in [0.29, 0.717) is 5.92 Å². The van der Waals surface area contributed by atoms with Crippen LogP contribution in [0.15, 0.2) is 18.2 Å². The molecule has 1 aliphatic rings. The number of aryl methyl sites for hydroxylation is 1. The van der Waals surface area contributed by atoms with Crippen molar-refractivity contribution in [3.8, 4) is 0 Å². The van der Waals surface area contributed by atoms with E-state index in [2.05, 4.69) is 44.3 Å². The molecular weight excluding hydrogens is 282 g/mol. The largest absolute Gasteiger partial charge is 0.381 e. The van der Waals surface area contributed by atoms with Crippen molar-refractivity contribution in [3.05, 3.63) is 34.3 Å². The summed E-state index contributed by atoms with van der Waals surface area (Å²) in [6.07, 6.45) is 3.35. The van der Waals surface area contributed by atoms with Crippen LogP contribution in [0.2, 0.25) is 5.02 Å². The van der Waals surface area contributed by atoms with Gasteiger partial charge in [-0.3, -0.25) is 0 Å². The van der Waals surface area contributed by atoms with Gasteiger partial charge in [-0.25, -0.2) is 0 Å². The quantitative estimate of drug-likeness (QED) is 0.849. The van der Waals surface area contributed by atoms with Crippen molar-refractivity contribution in [2.75, 3.05) is 26.3 Å². The molecule has 0 aromatic heterocycles. The van der Waals surface area contributed by atoms with Crippen LogP contribution in [-0.4, -0.2) is 26.3 Å². The molecule has 1 atom stereocenters. The van der Waals surface area contributed by atoms with Crippen molar-refractivity contribution < 1.29 is 4.74 Å². The molecule has 21 heavy (non-hydrogen) atoms. The molecule has 1 heterocycles. The summed E-state index contributed by atoms with van der Waals surface area (Å²) in [7, 11) is 0. The second-order valence-electron chi connectivity index (χ2n) is 6.95. The molecule has 0 saturated carbocycles. The van der Waals surface area contributed by atoms with Crippen LogP contribution in [0.25, 0.3) is 0 Å². The van der Waals surface area contributed by atoms with Crippen LogP contribution in [0.4, 0.5) is 0 Å². The molecule has 1 aliphatic heterocycles. The first-order valence-electron chi connectivity index (χ1n) is 8.04. The third-order valence-corrected chi connectivity index (χ3v) is 4.58. The van der Waals surface area contributed by atoms with Gasteiger partial charge < -0.3 is 10.1 Å². The van der Waals surface area contributed by atoms with Gasteiger partial charge in [-0.1, -0.05) is 37.6 Å². The highest BCUT2D eigenvalue weighted by atomic mass is 35.5. The predicted molar refractivity (Wildman–Crippen MR) is 90.1 cm³/mol. The summed E-state index contributed by atoms with van der Waals surface area (Å²) in [6, 6.07) is 6.40. The van der Waals surface area contributed by atoms with Gasteiger partial charge in [0.25, 0.3) is 0 Å². The summed E-state index contributed by atoms with van der Waals surface area (Å²) >= 11 is 6.43. The Labute approximate surface area is 134 Å². The fraction of sp³-hybridized carbons (Fsp3) is 0.667. The molecule has 2 rings (SSSR count). The Morgan fingerprint density at radius 3 is 2.81 bits per heavy atom. The normalized spacial score (nSPS) is 22.7. The molecule has 1 saturated heterocycles. The van der Waals surface area contributed by atoms with Crippen molar-refractivity contribution in [1.29, 1.82) is 0 Å². The van der Waals surface area contributed by atoms with Crippen molar-refractivity contribution in [2.45, 2.75) is 40.0 Å². The number of halogens is 1. The minimum atomic E-state index is 0.187. The minimum absolute atomic E-state index is 0.187. The SMILES string of the molecule is Cc1ccc(CC2(CNCC(C)C)CCCOC2)c(Cl)c1. The van der Waals surface area contributed by atoms with E-state index in [9.17, 15) is 0 Å². The molecule has 1 fully saturated rings. The summed E-state index contributed by atoms with van der Waals surface area (Å²) in [6.45, 7) is 10.4. The van der Waals surface area contributed by atoms with Crippen molar-refractivity contribution in [2.24, 2.45) is 11.3 Å². The maximum atomic E-state index is 6.43. The molecule has 1 aromatic carbocycles. The zero-order chi connectivity index (χ0) is 15.3. The average Bonchev–Trinajstić information content (AvgIpc) is 2.43. The molecular formula is C18H28ClNO. The molecule has 0 aliphatic carbocycles. The Hall–Kier alpha value is -0.570. The first kappa shape index (κ1) is 16.8. The highest BCUT2D eigenvalue weighted by Crippen LogP contribution is 2.34. The van der Waals surface area contributed by atoms with Crippen LogP contribution in [0, 0.1) is 18.3 Å². The van der Waals surface area contributed by atoms with E-state index in [1.165, 1.54) is 17.5 Å². The lowest BCUT2D eigenvalue weighted by Gasteiger charge is -2.38. The molecule has 1 N–H and O–H groups in total. The Morgan fingerprint density at radius 1 is 1.38 bits per heavy atom. The van der Waals surface area contributed by atoms with Crippen LogP contribution in [-0.2, 0) is 11.2 Å². The number of hydrogen-bond donors (Lipinski definition) is 1. The van der Waals surface area contributed by atoms with Gasteiger partial charge in [0.15, 0.2) is 0 Å². The third-order valence-electron chi connectivity index (χ3n) is 4.23. The molecule has 0 spiro atoms. The maximum Gasteiger partial charge on any atom is 0.0537 e. The van der Waals surface area contributed by atoms with Crippen LogP contribution in [0.3, 0.4) is 0 Å². The first-order chi connectivity index (χ1) is 10.0. The first-order valence-corrected chi connectivity index (χ1v) is 8.42. The lowest BCUT2D eigenvalue weighted by molar-refractivity contribution is -0.00738. The van der Waals surface area contributed by atoms with Crippen LogP contribution in [0.5, 0.6) is 0 Å². The zero-order valence-corrected chi connectivity index (χ0v) is 14.3. The number of benzene rings is 1. The Bertz CT molecular complexity index is 453. The van der Waals surface area contributed by atoms with Crippen molar-refractivity contribution in [1.82, 2.24) is 5.32 Å². The standard InChI is InChI=1S/C18H28ClNO/c1-14(2)11-20-12-18(7-4-8-21-13-18)10-16-6-5-15(3)9-17(16)19/h5-6,9,14,20H,4,7-8,10-13H2,1-3H3.